The lowest BCUT2D eigenvalue weighted by Crippen LogP contribution is -2.26. The minimum Gasteiger partial charge on any atom is -0.476 e. The number of carbonyl (C=O) groups is 1. The Kier molecular flexibility index (Phi) is 8.05. The van der Waals surface area contributed by atoms with Crippen molar-refractivity contribution in [2.75, 3.05) is 18.5 Å². The van der Waals surface area contributed by atoms with Gasteiger partial charge in [0, 0.05) is 42.6 Å². The van der Waals surface area contributed by atoms with Gasteiger partial charge < -0.3 is 15.4 Å². The van der Waals surface area contributed by atoms with Crippen molar-refractivity contribution >= 4 is 46.3 Å². The Balaban J connectivity index is 1.33. The van der Waals surface area contributed by atoms with E-state index in [0.29, 0.717) is 46.9 Å². The minimum absolute atomic E-state index is 0.115. The number of nitrogens with zero attached hydrogens (tertiary/aromatic N) is 5. The van der Waals surface area contributed by atoms with E-state index in [4.69, 9.17) is 33.2 Å². The van der Waals surface area contributed by atoms with E-state index in [-0.39, 0.29) is 28.3 Å². The molecule has 0 fully saturated rings. The molecule has 12 heteroatoms. The number of hydrogen-bond donors (Lipinski definition) is 2. The molecule has 200 valence electrons. The molecule has 0 radical (unpaired) electrons. The fraction of sp³-hybridized carbons (Fsp3) is 0.107. The van der Waals surface area contributed by atoms with Crippen LogP contribution in [0.1, 0.15) is 15.9 Å². The summed E-state index contributed by atoms with van der Waals surface area (Å²) in [6.07, 6.45) is 8.86. The van der Waals surface area contributed by atoms with Gasteiger partial charge in [0.1, 0.15) is 6.07 Å². The van der Waals surface area contributed by atoms with Crippen LogP contribution in [0, 0.1) is 17.1 Å². The normalized spacial score (nSPS) is 10.8. The van der Waals surface area contributed by atoms with Gasteiger partial charge in [-0.05, 0) is 54.4 Å². The second kappa shape index (κ2) is 12.0. The summed E-state index contributed by atoms with van der Waals surface area (Å²) >= 11 is 12.7. The first-order valence-corrected chi connectivity index (χ1v) is 12.8. The van der Waals surface area contributed by atoms with Gasteiger partial charge in [-0.25, -0.2) is 14.4 Å². The van der Waals surface area contributed by atoms with Crippen LogP contribution in [0.3, 0.4) is 0 Å². The molecule has 2 aromatic carbocycles. The summed E-state index contributed by atoms with van der Waals surface area (Å²) in [4.78, 5) is 25.4. The fourth-order valence-corrected chi connectivity index (χ4v) is 4.56. The molecule has 0 spiro atoms. The third-order valence-corrected chi connectivity index (χ3v) is 6.65. The molecule has 9 nitrogen and oxygen atoms in total. The Morgan fingerprint density at radius 2 is 1.93 bits per heavy atom. The van der Waals surface area contributed by atoms with Crippen LogP contribution in [0.25, 0.3) is 16.9 Å². The van der Waals surface area contributed by atoms with Gasteiger partial charge in [0.15, 0.2) is 29.6 Å². The average Bonchev–Trinajstić information content (AvgIpc) is 3.39. The van der Waals surface area contributed by atoms with Gasteiger partial charge >= 0.3 is 0 Å². The molecule has 0 saturated carbocycles. The molecule has 1 amide bonds. The van der Waals surface area contributed by atoms with Crippen molar-refractivity contribution in [2.45, 2.75) is 6.42 Å². The average molecular weight is 576 g/mol. The summed E-state index contributed by atoms with van der Waals surface area (Å²) < 4.78 is 21.5. The summed E-state index contributed by atoms with van der Waals surface area (Å²) in [6.45, 7) is 0.155. The van der Waals surface area contributed by atoms with Gasteiger partial charge in [0.25, 0.3) is 5.91 Å². The number of ether oxygens (including phenoxy) is 1. The number of benzene rings is 2. The molecule has 0 aliphatic carbocycles. The van der Waals surface area contributed by atoms with Gasteiger partial charge in [-0.1, -0.05) is 23.2 Å². The maximum Gasteiger partial charge on any atom is 0.252 e. The van der Waals surface area contributed by atoms with Crippen molar-refractivity contribution in [1.82, 2.24) is 24.7 Å². The number of carbonyl (C=O) groups excluding carboxylic acids is 1. The second-order valence-electron chi connectivity index (χ2n) is 8.48. The van der Waals surface area contributed by atoms with Crippen LogP contribution in [0.2, 0.25) is 10.0 Å². The van der Waals surface area contributed by atoms with Crippen molar-refractivity contribution in [3.8, 4) is 23.1 Å². The van der Waals surface area contributed by atoms with Crippen molar-refractivity contribution in [3.63, 3.8) is 0 Å². The third kappa shape index (κ3) is 5.66. The second-order valence-corrected chi connectivity index (χ2v) is 9.27. The van der Waals surface area contributed by atoms with Crippen LogP contribution in [-0.4, -0.2) is 38.4 Å². The lowest BCUT2D eigenvalue weighted by Gasteiger charge is -2.11. The molecule has 3 heterocycles. The highest BCUT2D eigenvalue weighted by Crippen LogP contribution is 2.36. The van der Waals surface area contributed by atoms with Crippen LogP contribution in [0.5, 0.6) is 5.75 Å². The molecule has 0 aliphatic heterocycles. The van der Waals surface area contributed by atoms with Crippen LogP contribution in [-0.2, 0) is 6.42 Å². The highest BCUT2D eigenvalue weighted by Gasteiger charge is 2.19. The topological polar surface area (TPSA) is 117 Å². The maximum atomic E-state index is 14.8. The Hall–Kier alpha value is -4.72. The molecule has 0 atom stereocenters. The first-order chi connectivity index (χ1) is 19.5. The predicted octanol–water partition coefficient (Wildman–Crippen LogP) is 5.86. The van der Waals surface area contributed by atoms with E-state index < -0.39 is 5.82 Å². The van der Waals surface area contributed by atoms with Gasteiger partial charge in [0.05, 0.1) is 27.5 Å². The van der Waals surface area contributed by atoms with Gasteiger partial charge in [0.2, 0.25) is 0 Å². The summed E-state index contributed by atoms with van der Waals surface area (Å²) in [5.41, 5.74) is 3.36. The number of nitrogens with one attached hydrogen (secondary N) is 2. The molecule has 5 aromatic rings. The summed E-state index contributed by atoms with van der Waals surface area (Å²) in [5.74, 6) is -0.759. The lowest BCUT2D eigenvalue weighted by molar-refractivity contribution is 0.0954. The number of pyridine rings is 1. The number of fused-ring (bicyclic) bond motifs is 1. The molecule has 2 N–H and O–H groups in total. The van der Waals surface area contributed by atoms with E-state index in [1.54, 1.807) is 65.7 Å². The largest absolute Gasteiger partial charge is 0.476 e. The number of nitriles is 1. The monoisotopic (exact) mass is 575 g/mol. The number of anilines is 2. The van der Waals surface area contributed by atoms with E-state index in [0.717, 1.165) is 5.56 Å². The standard InChI is InChI=1S/C28H20Cl2FN7O2/c29-21-15-18(1-2-19(21)28(39)35-11-7-17-5-9-33-10-6-17)37-26-27-36-16-22(38(27)13-12-34-26)20-3-4-23(40-14-8-32)25(31)24(20)30/h1-6,9-10,12-13,15-16H,7,11,14H2,(H,34,37)(H,35,39). The molecule has 3 aromatic heterocycles. The molecule has 0 unspecified atom stereocenters. The summed E-state index contributed by atoms with van der Waals surface area (Å²) in [5, 5.41) is 14.8. The number of imidazole rings is 1. The summed E-state index contributed by atoms with van der Waals surface area (Å²) in [6, 6.07) is 13.6. The molecular formula is C28H20Cl2FN7O2. The lowest BCUT2D eigenvalue weighted by atomic mass is 10.1. The zero-order valence-electron chi connectivity index (χ0n) is 20.7. The molecular weight excluding hydrogens is 556 g/mol. The van der Waals surface area contributed by atoms with E-state index in [9.17, 15) is 9.18 Å². The fourth-order valence-electron chi connectivity index (χ4n) is 4.04. The Morgan fingerprint density at radius 1 is 1.10 bits per heavy atom. The van der Waals surface area contributed by atoms with E-state index in [2.05, 4.69) is 25.6 Å². The highest BCUT2D eigenvalue weighted by molar-refractivity contribution is 6.34. The zero-order valence-corrected chi connectivity index (χ0v) is 22.2. The van der Waals surface area contributed by atoms with E-state index in [1.807, 2.05) is 12.1 Å². The number of amides is 1. The van der Waals surface area contributed by atoms with Crippen LogP contribution >= 0.6 is 23.2 Å². The van der Waals surface area contributed by atoms with E-state index in [1.165, 1.54) is 6.07 Å². The molecule has 40 heavy (non-hydrogen) atoms. The van der Waals surface area contributed by atoms with Crippen molar-refractivity contribution in [1.29, 1.82) is 5.26 Å². The van der Waals surface area contributed by atoms with Gasteiger partial charge in [-0.2, -0.15) is 5.26 Å². The maximum absolute atomic E-state index is 14.8. The first kappa shape index (κ1) is 26.9. The van der Waals surface area contributed by atoms with Crippen LogP contribution in [0.15, 0.2) is 73.4 Å². The number of rotatable bonds is 9. The van der Waals surface area contributed by atoms with Gasteiger partial charge in [-0.3, -0.25) is 14.2 Å². The molecule has 5 rings (SSSR count). The van der Waals surface area contributed by atoms with Crippen molar-refractivity contribution < 1.29 is 13.9 Å². The number of halogens is 3. The SMILES string of the molecule is N#CCOc1ccc(-c2cnc3c(Nc4ccc(C(=O)NCCc5ccncc5)c(Cl)c4)nccn23)c(Cl)c1F. The smallest absolute Gasteiger partial charge is 0.252 e. The number of aromatic nitrogens is 4. The molecule has 0 bridgehead atoms. The first-order valence-electron chi connectivity index (χ1n) is 12.0. The summed E-state index contributed by atoms with van der Waals surface area (Å²) in [7, 11) is 0. The van der Waals surface area contributed by atoms with Crippen molar-refractivity contribution in [3.05, 3.63) is 100 Å². The van der Waals surface area contributed by atoms with E-state index >= 15 is 0 Å². The number of hydrogen-bond acceptors (Lipinski definition) is 7. The third-order valence-electron chi connectivity index (χ3n) is 5.97. The van der Waals surface area contributed by atoms with Crippen LogP contribution < -0.4 is 15.4 Å². The zero-order chi connectivity index (χ0) is 28.1. The molecule has 0 saturated heterocycles. The minimum atomic E-state index is -0.770. The van der Waals surface area contributed by atoms with Crippen LogP contribution in [0.4, 0.5) is 15.9 Å². The predicted molar refractivity (Wildman–Crippen MR) is 150 cm³/mol. The highest BCUT2D eigenvalue weighted by atomic mass is 35.5. The Labute approximate surface area is 238 Å². The quantitative estimate of drug-likeness (QED) is 0.226. The van der Waals surface area contributed by atoms with Crippen molar-refractivity contribution in [2.24, 2.45) is 0 Å². The molecule has 0 aliphatic rings. The van der Waals surface area contributed by atoms with Gasteiger partial charge in [-0.15, -0.1) is 0 Å². The Bertz CT molecular complexity index is 1740. The Morgan fingerprint density at radius 3 is 2.70 bits per heavy atom.